The first-order chi connectivity index (χ1) is 10.1. The van der Waals surface area contributed by atoms with Crippen molar-refractivity contribution in [1.82, 2.24) is 5.32 Å². The van der Waals surface area contributed by atoms with Gasteiger partial charge >= 0.3 is 5.97 Å². The minimum Gasteiger partial charge on any atom is -0.457 e. The molecule has 0 unspecified atom stereocenters. The fourth-order valence-electron chi connectivity index (χ4n) is 5.28. The summed E-state index contributed by atoms with van der Waals surface area (Å²) in [5, 5.41) is 2.51. The van der Waals surface area contributed by atoms with Gasteiger partial charge in [-0.3, -0.25) is 9.59 Å². The fourth-order valence-corrected chi connectivity index (χ4v) is 5.28. The van der Waals surface area contributed by atoms with Crippen molar-refractivity contribution in [2.24, 2.45) is 23.7 Å². The van der Waals surface area contributed by atoms with Gasteiger partial charge in [-0.05, 0) is 68.3 Å². The predicted molar refractivity (Wildman–Crippen MR) is 79.4 cm³/mol. The second kappa shape index (κ2) is 5.47. The maximum atomic E-state index is 12.1. The molecule has 0 aromatic carbocycles. The van der Waals surface area contributed by atoms with Crippen LogP contribution in [-0.2, 0) is 14.3 Å². The lowest BCUT2D eigenvalue weighted by atomic mass is 9.49. The van der Waals surface area contributed by atoms with Gasteiger partial charge in [0.2, 0.25) is 5.91 Å². The Labute approximate surface area is 126 Å². The van der Waals surface area contributed by atoms with Crippen LogP contribution in [0.3, 0.4) is 0 Å². The average Bonchev–Trinajstić information content (AvgIpc) is 2.48. The predicted octanol–water partition coefficient (Wildman–Crippen LogP) is 2.44. The average molecular weight is 291 g/mol. The third kappa shape index (κ3) is 2.49. The Bertz CT molecular complexity index is 429. The van der Waals surface area contributed by atoms with Crippen LogP contribution < -0.4 is 5.32 Å². The molecule has 0 atom stereocenters. The Morgan fingerprint density at radius 1 is 1.19 bits per heavy atom. The summed E-state index contributed by atoms with van der Waals surface area (Å²) in [7, 11) is 0. The van der Waals surface area contributed by atoms with Crippen LogP contribution in [-0.4, -0.2) is 24.0 Å². The highest BCUT2D eigenvalue weighted by atomic mass is 16.6. The van der Waals surface area contributed by atoms with Gasteiger partial charge in [-0.25, -0.2) is 0 Å². The lowest BCUT2D eigenvalue weighted by Crippen LogP contribution is -2.59. The number of ether oxygens (including phenoxy) is 1. The van der Waals surface area contributed by atoms with Crippen molar-refractivity contribution in [1.29, 1.82) is 0 Å². The number of hydrogen-bond donors (Lipinski definition) is 1. The highest BCUT2D eigenvalue weighted by molar-refractivity contribution is 5.89. The third-order valence-corrected chi connectivity index (χ3v) is 5.97. The quantitative estimate of drug-likeness (QED) is 0.625. The summed E-state index contributed by atoms with van der Waals surface area (Å²) >= 11 is 0. The van der Waals surface area contributed by atoms with E-state index in [1.807, 2.05) is 0 Å². The summed E-state index contributed by atoms with van der Waals surface area (Å²) in [5.41, 5.74) is -0.274. The summed E-state index contributed by atoms with van der Waals surface area (Å²) in [6.45, 7) is 5.46. The van der Waals surface area contributed by atoms with E-state index in [1.165, 1.54) is 38.2 Å². The van der Waals surface area contributed by atoms with E-state index in [1.54, 1.807) is 0 Å². The smallest absolute Gasteiger partial charge is 0.325 e. The number of nitrogens with one attached hydrogen (secondary N) is 1. The topological polar surface area (TPSA) is 55.4 Å². The van der Waals surface area contributed by atoms with E-state index in [0.717, 1.165) is 18.3 Å². The molecule has 4 fully saturated rings. The molecule has 0 aromatic heterocycles. The molecule has 1 N–H and O–H groups in total. The zero-order chi connectivity index (χ0) is 15.0. The minimum absolute atomic E-state index is 0.0566. The summed E-state index contributed by atoms with van der Waals surface area (Å²) in [5.74, 6) is 2.12. The van der Waals surface area contributed by atoms with Gasteiger partial charge < -0.3 is 10.1 Å². The molecular formula is C17H25NO3. The molecule has 0 radical (unpaired) electrons. The van der Waals surface area contributed by atoms with Crippen molar-refractivity contribution in [3.8, 4) is 0 Å². The summed E-state index contributed by atoms with van der Waals surface area (Å²) < 4.78 is 5.97. The van der Waals surface area contributed by atoms with Crippen molar-refractivity contribution in [3.05, 3.63) is 12.7 Å². The Morgan fingerprint density at radius 2 is 1.76 bits per heavy atom. The van der Waals surface area contributed by atoms with Crippen molar-refractivity contribution in [2.45, 2.75) is 51.0 Å². The van der Waals surface area contributed by atoms with Gasteiger partial charge in [0, 0.05) is 0 Å². The molecule has 4 heteroatoms. The molecule has 4 aliphatic carbocycles. The monoisotopic (exact) mass is 291 g/mol. The Hall–Kier alpha value is -1.32. The molecule has 4 rings (SSSR count). The van der Waals surface area contributed by atoms with Gasteiger partial charge in [0.05, 0.1) is 0 Å². The van der Waals surface area contributed by atoms with Crippen molar-refractivity contribution in [2.75, 3.05) is 6.54 Å². The van der Waals surface area contributed by atoms with E-state index >= 15 is 0 Å². The Morgan fingerprint density at radius 3 is 2.24 bits per heavy atom. The SMILES string of the molecule is C=CC(=O)NCC(=O)OC1(CC)C2CC3CC(C2)CC1C3. The van der Waals surface area contributed by atoms with E-state index in [-0.39, 0.29) is 24.0 Å². The molecule has 4 bridgehead atoms. The van der Waals surface area contributed by atoms with Crippen LogP contribution in [0.4, 0.5) is 0 Å². The van der Waals surface area contributed by atoms with Gasteiger partial charge in [0.25, 0.3) is 0 Å². The van der Waals surface area contributed by atoms with Crippen LogP contribution in [0, 0.1) is 23.7 Å². The molecule has 1 amide bonds. The van der Waals surface area contributed by atoms with Gasteiger partial charge in [0.15, 0.2) is 0 Å². The van der Waals surface area contributed by atoms with Gasteiger partial charge in [-0.1, -0.05) is 13.5 Å². The maximum absolute atomic E-state index is 12.1. The lowest BCUT2D eigenvalue weighted by Gasteiger charge is -2.60. The number of carbonyl (C=O) groups is 2. The second-order valence-electron chi connectivity index (χ2n) is 7.01. The van der Waals surface area contributed by atoms with Crippen LogP contribution in [0.1, 0.15) is 45.4 Å². The highest BCUT2D eigenvalue weighted by Gasteiger charge is 2.58. The molecule has 4 saturated carbocycles. The van der Waals surface area contributed by atoms with E-state index in [9.17, 15) is 9.59 Å². The molecule has 0 aliphatic heterocycles. The zero-order valence-corrected chi connectivity index (χ0v) is 12.8. The number of rotatable bonds is 5. The number of amides is 1. The standard InChI is InChI=1S/C17H25NO3/c1-3-15(19)18-10-16(20)21-17(4-2)13-6-11-5-12(8-13)9-14(17)7-11/h3,11-14H,1,4-10H2,2H3,(H,18,19). The van der Waals surface area contributed by atoms with Crippen molar-refractivity contribution >= 4 is 11.9 Å². The summed E-state index contributed by atoms with van der Waals surface area (Å²) in [6.07, 6.45) is 8.31. The summed E-state index contributed by atoms with van der Waals surface area (Å²) in [4.78, 5) is 23.3. The Balaban J connectivity index is 1.68. The number of carbonyl (C=O) groups excluding carboxylic acids is 2. The normalized spacial score (nSPS) is 39.9. The summed E-state index contributed by atoms with van der Waals surface area (Å²) in [6, 6.07) is 0. The van der Waals surface area contributed by atoms with Gasteiger partial charge in [-0.15, -0.1) is 0 Å². The number of hydrogen-bond acceptors (Lipinski definition) is 3. The molecule has 4 aliphatic rings. The van der Waals surface area contributed by atoms with E-state index < -0.39 is 0 Å². The highest BCUT2D eigenvalue weighted by Crippen LogP contribution is 2.60. The van der Waals surface area contributed by atoms with Crippen molar-refractivity contribution < 1.29 is 14.3 Å². The lowest BCUT2D eigenvalue weighted by molar-refractivity contribution is -0.210. The largest absolute Gasteiger partial charge is 0.457 e. The first-order valence-electron chi connectivity index (χ1n) is 8.19. The molecule has 0 saturated heterocycles. The number of esters is 1. The van der Waals surface area contributed by atoms with Crippen LogP contribution in [0.25, 0.3) is 0 Å². The van der Waals surface area contributed by atoms with Gasteiger partial charge in [0.1, 0.15) is 12.1 Å². The van der Waals surface area contributed by atoms with Crippen LogP contribution >= 0.6 is 0 Å². The van der Waals surface area contributed by atoms with Crippen LogP contribution in [0.2, 0.25) is 0 Å². The second-order valence-corrected chi connectivity index (χ2v) is 7.01. The molecule has 0 heterocycles. The van der Waals surface area contributed by atoms with E-state index in [2.05, 4.69) is 18.8 Å². The molecule has 4 nitrogen and oxygen atoms in total. The van der Waals surface area contributed by atoms with E-state index in [4.69, 9.17) is 4.74 Å². The molecular weight excluding hydrogens is 266 g/mol. The third-order valence-electron chi connectivity index (χ3n) is 5.97. The van der Waals surface area contributed by atoms with Crippen molar-refractivity contribution in [3.63, 3.8) is 0 Å². The van der Waals surface area contributed by atoms with E-state index in [0.29, 0.717) is 11.8 Å². The molecule has 116 valence electrons. The zero-order valence-electron chi connectivity index (χ0n) is 12.8. The Kier molecular flexibility index (Phi) is 3.80. The van der Waals surface area contributed by atoms with Crippen LogP contribution in [0.15, 0.2) is 12.7 Å². The first kappa shape index (κ1) is 14.6. The molecule has 0 spiro atoms. The molecule has 0 aromatic rings. The fraction of sp³-hybridized carbons (Fsp3) is 0.765. The maximum Gasteiger partial charge on any atom is 0.325 e. The minimum atomic E-state index is -0.331. The molecule has 21 heavy (non-hydrogen) atoms. The van der Waals surface area contributed by atoms with Crippen LogP contribution in [0.5, 0.6) is 0 Å². The first-order valence-corrected chi connectivity index (χ1v) is 8.19. The van der Waals surface area contributed by atoms with Gasteiger partial charge in [-0.2, -0.15) is 0 Å².